The zero-order valence-corrected chi connectivity index (χ0v) is 9.67. The zero-order chi connectivity index (χ0) is 12.6. The minimum Gasteiger partial charge on any atom is -0.262 e. The summed E-state index contributed by atoms with van der Waals surface area (Å²) < 4.78 is 28.5. The molecule has 0 aliphatic heterocycles. The Labute approximate surface area is 102 Å². The molecule has 2 rings (SSSR count). The van der Waals surface area contributed by atoms with Gasteiger partial charge in [-0.1, -0.05) is 0 Å². The van der Waals surface area contributed by atoms with Crippen LogP contribution in [-0.4, -0.2) is 9.78 Å². The summed E-state index contributed by atoms with van der Waals surface area (Å²) >= 11 is 4.10. The summed E-state index contributed by atoms with van der Waals surface area (Å²) in [6.07, 6.45) is 0. The van der Waals surface area contributed by atoms with Gasteiger partial charge in [0.15, 0.2) is 0 Å². The zero-order valence-electron chi connectivity index (χ0n) is 8.78. The third-order valence-corrected chi connectivity index (χ3v) is 2.73. The van der Waals surface area contributed by atoms with Crippen LogP contribution in [0.4, 0.5) is 8.78 Å². The smallest absolute Gasteiger partial charge is 0.141 e. The molecule has 0 aliphatic carbocycles. The third-order valence-electron chi connectivity index (χ3n) is 2.31. The first kappa shape index (κ1) is 11.6. The fourth-order valence-corrected chi connectivity index (χ4v) is 1.58. The van der Waals surface area contributed by atoms with Crippen molar-refractivity contribution in [1.29, 1.82) is 5.26 Å². The average molecular weight is 251 g/mol. The molecular weight excluding hydrogens is 244 g/mol. The Kier molecular flexibility index (Phi) is 2.86. The number of nitriles is 1. The highest BCUT2D eigenvalue weighted by molar-refractivity contribution is 7.80. The summed E-state index contributed by atoms with van der Waals surface area (Å²) in [5.41, 5.74) is -0.0379. The molecule has 0 saturated heterocycles. The first-order chi connectivity index (χ1) is 8.02. The van der Waals surface area contributed by atoms with Crippen molar-refractivity contribution in [3.8, 4) is 17.3 Å². The van der Waals surface area contributed by atoms with E-state index in [1.807, 2.05) is 0 Å². The monoisotopic (exact) mass is 251 g/mol. The van der Waals surface area contributed by atoms with Gasteiger partial charge in [-0.15, -0.1) is 12.6 Å². The second kappa shape index (κ2) is 4.18. The van der Waals surface area contributed by atoms with Gasteiger partial charge in [0.25, 0.3) is 0 Å². The van der Waals surface area contributed by atoms with Gasteiger partial charge < -0.3 is 0 Å². The molecule has 1 aromatic carbocycles. The maximum absolute atomic E-state index is 13.7. The lowest BCUT2D eigenvalue weighted by Crippen LogP contribution is -1.94. The summed E-state index contributed by atoms with van der Waals surface area (Å²) in [6, 6.07) is 4.92. The van der Waals surface area contributed by atoms with E-state index in [9.17, 15) is 8.78 Å². The highest BCUT2D eigenvalue weighted by Gasteiger charge is 2.14. The van der Waals surface area contributed by atoms with E-state index in [0.717, 1.165) is 12.1 Å². The highest BCUT2D eigenvalue weighted by atomic mass is 32.1. The lowest BCUT2D eigenvalue weighted by Gasteiger charge is -2.01. The molecule has 2 aromatic rings. The Balaban J connectivity index is 2.61. The van der Waals surface area contributed by atoms with Crippen LogP contribution >= 0.6 is 12.6 Å². The molecule has 86 valence electrons. The predicted octanol–water partition coefficient (Wildman–Crippen LogP) is 2.53. The quantitative estimate of drug-likeness (QED) is 0.791. The molecule has 0 atom stereocenters. The Morgan fingerprint density at radius 3 is 2.53 bits per heavy atom. The number of nitrogens with zero attached hydrogens (tertiary/aromatic N) is 3. The molecule has 0 unspecified atom stereocenters. The van der Waals surface area contributed by atoms with E-state index in [2.05, 4.69) is 17.7 Å². The van der Waals surface area contributed by atoms with Crippen LogP contribution in [0.5, 0.6) is 0 Å². The molecule has 0 amide bonds. The molecule has 0 bridgehead atoms. The number of hydrogen-bond acceptors (Lipinski definition) is 3. The number of aromatic nitrogens is 2. The number of aryl methyl sites for hydroxylation is 1. The van der Waals surface area contributed by atoms with Crippen LogP contribution in [0.3, 0.4) is 0 Å². The molecule has 0 radical (unpaired) electrons. The van der Waals surface area contributed by atoms with Gasteiger partial charge in [-0.05, 0) is 18.2 Å². The molecule has 1 heterocycles. The third kappa shape index (κ3) is 2.01. The van der Waals surface area contributed by atoms with Crippen molar-refractivity contribution in [2.45, 2.75) is 5.03 Å². The molecular formula is C11H7F2N3S. The van der Waals surface area contributed by atoms with Crippen LogP contribution in [0.1, 0.15) is 5.56 Å². The normalized spacial score (nSPS) is 10.3. The largest absolute Gasteiger partial charge is 0.262 e. The van der Waals surface area contributed by atoms with E-state index in [-0.39, 0.29) is 16.8 Å². The van der Waals surface area contributed by atoms with E-state index in [1.54, 1.807) is 13.1 Å². The summed E-state index contributed by atoms with van der Waals surface area (Å²) in [6.45, 7) is 0. The summed E-state index contributed by atoms with van der Waals surface area (Å²) in [4.78, 5) is 0. The van der Waals surface area contributed by atoms with E-state index < -0.39 is 11.6 Å². The molecule has 0 aliphatic rings. The van der Waals surface area contributed by atoms with Crippen LogP contribution in [0.25, 0.3) is 11.3 Å². The van der Waals surface area contributed by atoms with Gasteiger partial charge in [-0.25, -0.2) is 8.78 Å². The Morgan fingerprint density at radius 1 is 1.29 bits per heavy atom. The van der Waals surface area contributed by atoms with Crippen molar-refractivity contribution in [3.63, 3.8) is 0 Å². The van der Waals surface area contributed by atoms with Gasteiger partial charge in [-0.2, -0.15) is 10.4 Å². The van der Waals surface area contributed by atoms with Crippen LogP contribution in [-0.2, 0) is 7.05 Å². The fourth-order valence-electron chi connectivity index (χ4n) is 1.42. The Bertz CT molecular complexity index is 609. The number of hydrogen-bond donors (Lipinski definition) is 1. The van der Waals surface area contributed by atoms with Crippen molar-refractivity contribution in [1.82, 2.24) is 9.78 Å². The lowest BCUT2D eigenvalue weighted by atomic mass is 10.1. The predicted molar refractivity (Wildman–Crippen MR) is 60.5 cm³/mol. The molecule has 0 N–H and O–H groups in total. The standard InChI is InChI=1S/C11H7F2N3S/c1-16-11(17)4-10(15-16)7-3-8(12)6(5-14)2-9(7)13/h2-4,17H,1H3. The van der Waals surface area contributed by atoms with E-state index in [0.29, 0.717) is 5.03 Å². The van der Waals surface area contributed by atoms with Crippen LogP contribution in [0.15, 0.2) is 23.2 Å². The van der Waals surface area contributed by atoms with Gasteiger partial charge in [0.05, 0.1) is 16.3 Å². The second-order valence-corrected chi connectivity index (χ2v) is 3.89. The van der Waals surface area contributed by atoms with Crippen molar-refractivity contribution >= 4 is 12.6 Å². The van der Waals surface area contributed by atoms with Gasteiger partial charge in [-0.3, -0.25) is 4.68 Å². The van der Waals surface area contributed by atoms with Gasteiger partial charge in [0.1, 0.15) is 17.7 Å². The fraction of sp³-hybridized carbons (Fsp3) is 0.0909. The van der Waals surface area contributed by atoms with Crippen LogP contribution in [0.2, 0.25) is 0 Å². The number of benzene rings is 1. The molecule has 0 fully saturated rings. The van der Waals surface area contributed by atoms with Gasteiger partial charge in [0, 0.05) is 12.6 Å². The highest BCUT2D eigenvalue weighted by Crippen LogP contribution is 2.25. The topological polar surface area (TPSA) is 41.6 Å². The minimum atomic E-state index is -0.768. The van der Waals surface area contributed by atoms with E-state index in [4.69, 9.17) is 5.26 Å². The molecule has 3 nitrogen and oxygen atoms in total. The van der Waals surface area contributed by atoms with Gasteiger partial charge >= 0.3 is 0 Å². The molecule has 17 heavy (non-hydrogen) atoms. The first-order valence-electron chi connectivity index (χ1n) is 4.65. The Hall–Kier alpha value is -1.87. The number of thiol groups is 1. The van der Waals surface area contributed by atoms with Gasteiger partial charge in [0.2, 0.25) is 0 Å². The first-order valence-corrected chi connectivity index (χ1v) is 5.10. The molecule has 0 saturated carbocycles. The SMILES string of the molecule is Cn1nc(-c2cc(F)c(C#N)cc2F)cc1S. The molecule has 1 aromatic heterocycles. The average Bonchev–Trinajstić information content (AvgIpc) is 2.61. The lowest BCUT2D eigenvalue weighted by molar-refractivity contribution is 0.598. The van der Waals surface area contributed by atoms with Crippen LogP contribution in [0, 0.1) is 23.0 Å². The van der Waals surface area contributed by atoms with Crippen molar-refractivity contribution in [3.05, 3.63) is 35.4 Å². The maximum Gasteiger partial charge on any atom is 0.141 e. The van der Waals surface area contributed by atoms with Crippen molar-refractivity contribution < 1.29 is 8.78 Å². The van der Waals surface area contributed by atoms with Crippen molar-refractivity contribution in [2.75, 3.05) is 0 Å². The maximum atomic E-state index is 13.7. The Morgan fingerprint density at radius 2 is 2.00 bits per heavy atom. The molecule has 0 spiro atoms. The second-order valence-electron chi connectivity index (χ2n) is 3.44. The summed E-state index contributed by atoms with van der Waals surface area (Å²) in [7, 11) is 1.64. The van der Waals surface area contributed by atoms with Crippen molar-refractivity contribution in [2.24, 2.45) is 7.05 Å². The summed E-state index contributed by atoms with van der Waals surface area (Å²) in [5, 5.41) is 13.1. The summed E-state index contributed by atoms with van der Waals surface area (Å²) in [5.74, 6) is -1.45. The minimum absolute atomic E-state index is 0.0115. The number of rotatable bonds is 1. The van der Waals surface area contributed by atoms with E-state index >= 15 is 0 Å². The number of halogens is 2. The van der Waals surface area contributed by atoms with E-state index in [1.165, 1.54) is 10.7 Å². The van der Waals surface area contributed by atoms with Crippen LogP contribution < -0.4 is 0 Å². The molecule has 6 heteroatoms.